The fourth-order valence-corrected chi connectivity index (χ4v) is 3.79. The molecule has 0 unspecified atom stereocenters. The number of alkyl halides is 1. The molecular weight excluding hydrogens is 208 g/mol. The number of hydrogen-bond donors (Lipinski definition) is 0. The summed E-state index contributed by atoms with van der Waals surface area (Å²) in [6.07, 6.45) is 0.434. The summed E-state index contributed by atoms with van der Waals surface area (Å²) < 4.78 is 5.07. The van der Waals surface area contributed by atoms with Crippen LogP contribution in [0.3, 0.4) is 0 Å². The van der Waals surface area contributed by atoms with Gasteiger partial charge in [0, 0.05) is 17.8 Å². The summed E-state index contributed by atoms with van der Waals surface area (Å²) in [6, 6.07) is 0. The highest BCUT2D eigenvalue weighted by Gasteiger charge is 2.66. The molecule has 2 bridgehead atoms. The minimum atomic E-state index is -1.16. The lowest BCUT2D eigenvalue weighted by molar-refractivity contribution is -0.314. The van der Waals surface area contributed by atoms with E-state index in [9.17, 15) is 14.7 Å². The molecule has 3 aliphatic rings. The van der Waals surface area contributed by atoms with E-state index in [-0.39, 0.29) is 23.3 Å². The van der Waals surface area contributed by atoms with Crippen molar-refractivity contribution in [2.45, 2.75) is 17.9 Å². The van der Waals surface area contributed by atoms with Gasteiger partial charge in [-0.3, -0.25) is 4.79 Å². The zero-order chi connectivity index (χ0) is 10.0. The first-order valence-electron chi connectivity index (χ1n) is 4.66. The molecule has 0 aromatic heterocycles. The van der Waals surface area contributed by atoms with Crippen LogP contribution in [0.25, 0.3) is 0 Å². The van der Waals surface area contributed by atoms with Gasteiger partial charge in [-0.1, -0.05) is 0 Å². The van der Waals surface area contributed by atoms with Gasteiger partial charge in [0.25, 0.3) is 0 Å². The Morgan fingerprint density at radius 3 is 2.86 bits per heavy atom. The van der Waals surface area contributed by atoms with Crippen molar-refractivity contribution in [2.75, 3.05) is 0 Å². The SMILES string of the molecule is O=C([O-])[C@@H]1[C@@H]2C[C@H]3[C@@H](OC(=O)[C@H]31)[C@H]2Cl. The van der Waals surface area contributed by atoms with Crippen molar-refractivity contribution in [3.8, 4) is 0 Å². The third-order valence-corrected chi connectivity index (χ3v) is 4.37. The Morgan fingerprint density at radius 2 is 2.21 bits per heavy atom. The van der Waals surface area contributed by atoms with Crippen LogP contribution in [0.1, 0.15) is 6.42 Å². The van der Waals surface area contributed by atoms with Crippen LogP contribution in [0.5, 0.6) is 0 Å². The van der Waals surface area contributed by atoms with Crippen LogP contribution in [-0.2, 0) is 14.3 Å². The molecular formula is C9H8ClO4-. The van der Waals surface area contributed by atoms with E-state index in [2.05, 4.69) is 0 Å². The molecule has 0 amide bonds. The number of carbonyl (C=O) groups excluding carboxylic acids is 2. The van der Waals surface area contributed by atoms with Gasteiger partial charge in [0.15, 0.2) is 0 Å². The molecule has 2 aliphatic carbocycles. The average Bonchev–Trinajstić information content (AvgIpc) is 2.67. The largest absolute Gasteiger partial charge is 0.550 e. The average molecular weight is 216 g/mol. The molecule has 76 valence electrons. The predicted octanol–water partition coefficient (Wildman–Crippen LogP) is -0.849. The molecule has 1 aliphatic heterocycles. The maximum atomic E-state index is 11.4. The molecule has 1 saturated heterocycles. The van der Waals surface area contributed by atoms with Crippen LogP contribution in [0.4, 0.5) is 0 Å². The molecule has 0 radical (unpaired) electrons. The van der Waals surface area contributed by atoms with E-state index in [0.29, 0.717) is 6.42 Å². The van der Waals surface area contributed by atoms with Gasteiger partial charge in [-0.25, -0.2) is 0 Å². The zero-order valence-corrected chi connectivity index (χ0v) is 7.94. The van der Waals surface area contributed by atoms with Gasteiger partial charge < -0.3 is 14.6 Å². The van der Waals surface area contributed by atoms with Gasteiger partial charge in [0.05, 0.1) is 11.3 Å². The number of esters is 1. The first-order chi connectivity index (χ1) is 6.61. The van der Waals surface area contributed by atoms with E-state index >= 15 is 0 Å². The number of ether oxygens (including phenoxy) is 1. The smallest absolute Gasteiger partial charge is 0.310 e. The minimum absolute atomic E-state index is 0.0119. The summed E-state index contributed by atoms with van der Waals surface area (Å²) in [4.78, 5) is 22.3. The van der Waals surface area contributed by atoms with E-state index in [1.807, 2.05) is 0 Å². The summed E-state index contributed by atoms with van der Waals surface area (Å²) in [6.45, 7) is 0. The molecule has 3 fully saturated rings. The summed E-state index contributed by atoms with van der Waals surface area (Å²) in [5, 5.41) is 10.6. The monoisotopic (exact) mass is 215 g/mol. The number of carbonyl (C=O) groups is 2. The second kappa shape index (κ2) is 2.42. The highest BCUT2D eigenvalue weighted by atomic mass is 35.5. The topological polar surface area (TPSA) is 66.4 Å². The van der Waals surface area contributed by atoms with Crippen molar-refractivity contribution in [1.29, 1.82) is 0 Å². The maximum absolute atomic E-state index is 11.4. The van der Waals surface area contributed by atoms with Crippen LogP contribution in [0.2, 0.25) is 0 Å². The van der Waals surface area contributed by atoms with Crippen molar-refractivity contribution < 1.29 is 19.4 Å². The van der Waals surface area contributed by atoms with Gasteiger partial charge >= 0.3 is 5.97 Å². The molecule has 0 aromatic carbocycles. The molecule has 14 heavy (non-hydrogen) atoms. The van der Waals surface area contributed by atoms with Gasteiger partial charge in [-0.15, -0.1) is 11.6 Å². The van der Waals surface area contributed by atoms with E-state index in [1.54, 1.807) is 0 Å². The molecule has 4 nitrogen and oxygen atoms in total. The second-order valence-electron chi connectivity index (χ2n) is 4.28. The fourth-order valence-electron chi connectivity index (χ4n) is 3.29. The van der Waals surface area contributed by atoms with Crippen LogP contribution in [-0.4, -0.2) is 23.4 Å². The number of halogens is 1. The highest BCUT2D eigenvalue weighted by Crippen LogP contribution is 2.59. The van der Waals surface area contributed by atoms with Crippen LogP contribution in [0, 0.1) is 23.7 Å². The van der Waals surface area contributed by atoms with Gasteiger partial charge in [0.2, 0.25) is 0 Å². The molecule has 0 N–H and O–H groups in total. The molecule has 1 heterocycles. The third kappa shape index (κ3) is 0.764. The number of carboxylic acid groups (broad SMARTS) is 1. The van der Waals surface area contributed by atoms with Crippen LogP contribution >= 0.6 is 11.6 Å². The lowest BCUT2D eigenvalue weighted by Crippen LogP contribution is -2.44. The van der Waals surface area contributed by atoms with E-state index < -0.39 is 23.8 Å². The molecule has 5 heteroatoms. The first-order valence-corrected chi connectivity index (χ1v) is 5.10. The lowest BCUT2D eigenvalue weighted by Gasteiger charge is -2.28. The minimum Gasteiger partial charge on any atom is -0.550 e. The molecule has 6 atom stereocenters. The van der Waals surface area contributed by atoms with Crippen molar-refractivity contribution in [1.82, 2.24) is 0 Å². The van der Waals surface area contributed by atoms with Crippen molar-refractivity contribution in [3.63, 3.8) is 0 Å². The van der Waals surface area contributed by atoms with Gasteiger partial charge in [-0.05, 0) is 12.3 Å². The summed E-state index contributed by atoms with van der Waals surface area (Å²) in [5.41, 5.74) is 0. The lowest BCUT2D eigenvalue weighted by atomic mass is 9.80. The highest BCUT2D eigenvalue weighted by molar-refractivity contribution is 6.22. The molecule has 0 aromatic rings. The quantitative estimate of drug-likeness (QED) is 0.422. The van der Waals surface area contributed by atoms with Crippen LogP contribution in [0.15, 0.2) is 0 Å². The Morgan fingerprint density at radius 1 is 1.50 bits per heavy atom. The fraction of sp³-hybridized carbons (Fsp3) is 0.778. The molecule has 0 spiro atoms. The third-order valence-electron chi connectivity index (χ3n) is 3.80. The Bertz CT molecular complexity index is 329. The van der Waals surface area contributed by atoms with Gasteiger partial charge in [0.1, 0.15) is 6.10 Å². The van der Waals surface area contributed by atoms with Crippen molar-refractivity contribution >= 4 is 23.5 Å². The Labute approximate surface area is 85.2 Å². The Kier molecular flexibility index (Phi) is 1.48. The number of hydrogen-bond acceptors (Lipinski definition) is 4. The number of carboxylic acids is 1. The van der Waals surface area contributed by atoms with Crippen LogP contribution < -0.4 is 5.11 Å². The summed E-state index contributed by atoms with van der Waals surface area (Å²) >= 11 is 6.04. The molecule has 3 rings (SSSR count). The van der Waals surface area contributed by atoms with Crippen molar-refractivity contribution in [2.24, 2.45) is 23.7 Å². The number of aliphatic carboxylic acids is 1. The normalized spacial score (nSPS) is 53.6. The maximum Gasteiger partial charge on any atom is 0.310 e. The predicted molar refractivity (Wildman–Crippen MR) is 43.1 cm³/mol. The standard InChI is InChI=1S/C9H9ClO4/c10-6-2-1-3-5(4(2)8(11)12)9(13)14-7(3)6/h2-7H,1H2,(H,11,12)/p-1/t2-,3+,4+,5+,6-,7+/m0/s1. The first kappa shape index (κ1) is 8.53. The summed E-state index contributed by atoms with van der Waals surface area (Å²) in [7, 11) is 0. The Hall–Kier alpha value is -0.770. The van der Waals surface area contributed by atoms with Gasteiger partial charge in [-0.2, -0.15) is 0 Å². The summed E-state index contributed by atoms with van der Waals surface area (Å²) in [5.74, 6) is -2.92. The van der Waals surface area contributed by atoms with E-state index in [1.165, 1.54) is 0 Å². The molecule has 2 saturated carbocycles. The van der Waals surface area contributed by atoms with Crippen molar-refractivity contribution in [3.05, 3.63) is 0 Å². The number of rotatable bonds is 1. The second-order valence-corrected chi connectivity index (χ2v) is 4.78. The number of fused-ring (bicyclic) bond motifs is 1. The zero-order valence-electron chi connectivity index (χ0n) is 7.18. The van der Waals surface area contributed by atoms with E-state index in [0.717, 1.165) is 0 Å². The van der Waals surface area contributed by atoms with E-state index in [4.69, 9.17) is 16.3 Å². The Balaban J connectivity index is 2.04.